The quantitative estimate of drug-likeness (QED) is 0.355. The standard InChI is InChI=1S/C28H40FNO/c1-2-3-5-22-8-14-25(15-9-22)26-16-10-24(11-17-26)21-31-28-18-12-23(13-19-28)6-4-7-27(29)20-30/h7-9,14-15,23-24,26,28H,2-6,10-13,16-19,21H2,1H3/b27-7-. The van der Waals surface area contributed by atoms with Gasteiger partial charge < -0.3 is 4.74 Å². The fourth-order valence-electron chi connectivity index (χ4n) is 5.35. The number of aryl methyl sites for hydroxylation is 1. The molecule has 3 rings (SSSR count). The Morgan fingerprint density at radius 1 is 1.03 bits per heavy atom. The van der Waals surface area contributed by atoms with Crippen LogP contribution in [-0.4, -0.2) is 12.7 Å². The Morgan fingerprint density at radius 3 is 2.35 bits per heavy atom. The van der Waals surface area contributed by atoms with Crippen molar-refractivity contribution in [2.24, 2.45) is 11.8 Å². The van der Waals surface area contributed by atoms with Crippen molar-refractivity contribution >= 4 is 0 Å². The summed E-state index contributed by atoms with van der Waals surface area (Å²) in [6.45, 7) is 3.18. The minimum atomic E-state index is -0.643. The smallest absolute Gasteiger partial charge is 0.196 e. The predicted molar refractivity (Wildman–Crippen MR) is 125 cm³/mol. The summed E-state index contributed by atoms with van der Waals surface area (Å²) in [7, 11) is 0. The van der Waals surface area contributed by atoms with Crippen LogP contribution in [0.4, 0.5) is 4.39 Å². The summed E-state index contributed by atoms with van der Waals surface area (Å²) in [6.07, 6.45) is 17.0. The number of hydrogen-bond acceptors (Lipinski definition) is 2. The Balaban J connectivity index is 1.30. The zero-order chi connectivity index (χ0) is 21.9. The predicted octanol–water partition coefficient (Wildman–Crippen LogP) is 8.04. The Bertz CT molecular complexity index is 704. The van der Waals surface area contributed by atoms with Gasteiger partial charge in [0.05, 0.1) is 6.10 Å². The molecule has 0 radical (unpaired) electrons. The zero-order valence-corrected chi connectivity index (χ0v) is 19.3. The third-order valence-electron chi connectivity index (χ3n) is 7.48. The Kier molecular flexibility index (Phi) is 10.1. The largest absolute Gasteiger partial charge is 0.378 e. The highest BCUT2D eigenvalue weighted by molar-refractivity contribution is 5.26. The van der Waals surface area contributed by atoms with Gasteiger partial charge >= 0.3 is 0 Å². The summed E-state index contributed by atoms with van der Waals surface area (Å²) in [5.74, 6) is 1.46. The average Bonchev–Trinajstić information content (AvgIpc) is 2.83. The molecule has 0 unspecified atom stereocenters. The van der Waals surface area contributed by atoms with Crippen LogP contribution < -0.4 is 0 Å². The number of halogens is 1. The van der Waals surface area contributed by atoms with Crippen LogP contribution in [0.2, 0.25) is 0 Å². The van der Waals surface area contributed by atoms with Crippen molar-refractivity contribution in [2.75, 3.05) is 6.61 Å². The van der Waals surface area contributed by atoms with Crippen LogP contribution in [0.5, 0.6) is 0 Å². The van der Waals surface area contributed by atoms with E-state index in [2.05, 4.69) is 31.2 Å². The van der Waals surface area contributed by atoms with E-state index in [1.807, 2.05) is 0 Å². The maximum atomic E-state index is 12.9. The molecule has 0 atom stereocenters. The molecule has 0 bridgehead atoms. The van der Waals surface area contributed by atoms with Crippen LogP contribution in [0.1, 0.15) is 101 Å². The van der Waals surface area contributed by atoms with Crippen molar-refractivity contribution < 1.29 is 9.13 Å². The second-order valence-electron chi connectivity index (χ2n) is 9.78. The van der Waals surface area contributed by atoms with Crippen LogP contribution >= 0.6 is 0 Å². The first-order valence-electron chi connectivity index (χ1n) is 12.6. The third-order valence-corrected chi connectivity index (χ3v) is 7.48. The molecule has 31 heavy (non-hydrogen) atoms. The molecular formula is C28H40FNO. The van der Waals surface area contributed by atoms with Gasteiger partial charge in [-0.2, -0.15) is 9.65 Å². The lowest BCUT2D eigenvalue weighted by molar-refractivity contribution is -0.00824. The van der Waals surface area contributed by atoms with E-state index in [4.69, 9.17) is 10.00 Å². The monoisotopic (exact) mass is 425 g/mol. The topological polar surface area (TPSA) is 33.0 Å². The molecule has 0 aliphatic heterocycles. The molecule has 0 spiro atoms. The third kappa shape index (κ3) is 8.08. The van der Waals surface area contributed by atoms with Crippen LogP contribution in [0.15, 0.2) is 36.2 Å². The van der Waals surface area contributed by atoms with E-state index >= 15 is 0 Å². The summed E-state index contributed by atoms with van der Waals surface area (Å²) >= 11 is 0. The summed E-state index contributed by atoms with van der Waals surface area (Å²) in [5, 5.41) is 8.47. The molecule has 1 aromatic rings. The fraction of sp³-hybridized carbons (Fsp3) is 0.679. The van der Waals surface area contributed by atoms with E-state index in [-0.39, 0.29) is 0 Å². The van der Waals surface area contributed by atoms with E-state index in [1.54, 1.807) is 6.07 Å². The normalized spacial score (nSPS) is 27.1. The van der Waals surface area contributed by atoms with E-state index in [0.717, 1.165) is 37.7 Å². The molecule has 170 valence electrons. The van der Waals surface area contributed by atoms with E-state index in [1.165, 1.54) is 75.0 Å². The number of nitrogens with zero attached hydrogens (tertiary/aromatic N) is 1. The Hall–Kier alpha value is -1.66. The molecule has 1 aromatic carbocycles. The second kappa shape index (κ2) is 13.0. The molecule has 2 aliphatic rings. The van der Waals surface area contributed by atoms with Crippen LogP contribution in [0.3, 0.4) is 0 Å². The van der Waals surface area contributed by atoms with Gasteiger partial charge in [-0.05, 0) is 112 Å². The van der Waals surface area contributed by atoms with E-state index in [9.17, 15) is 4.39 Å². The number of nitriles is 1. The minimum Gasteiger partial charge on any atom is -0.378 e. The minimum absolute atomic E-state index is 0.413. The first-order chi connectivity index (χ1) is 15.2. The SMILES string of the molecule is CCCCc1ccc(C2CCC(COC3CCC(CC/C=C(\F)C#N)CC3)CC2)cc1. The van der Waals surface area contributed by atoms with E-state index in [0.29, 0.717) is 18.4 Å². The number of unbranched alkanes of at least 4 members (excludes halogenated alkanes) is 1. The number of rotatable bonds is 10. The molecule has 3 heteroatoms. The maximum absolute atomic E-state index is 12.9. The Labute approximate surface area is 188 Å². The lowest BCUT2D eigenvalue weighted by atomic mass is 9.78. The van der Waals surface area contributed by atoms with Gasteiger partial charge in [-0.15, -0.1) is 0 Å². The molecule has 0 amide bonds. The highest BCUT2D eigenvalue weighted by Gasteiger charge is 2.25. The number of ether oxygens (including phenoxy) is 1. The number of benzene rings is 1. The van der Waals surface area contributed by atoms with Gasteiger partial charge in [0.2, 0.25) is 0 Å². The summed E-state index contributed by atoms with van der Waals surface area (Å²) in [4.78, 5) is 0. The average molecular weight is 426 g/mol. The highest BCUT2D eigenvalue weighted by atomic mass is 19.1. The van der Waals surface area contributed by atoms with Crippen molar-refractivity contribution in [3.63, 3.8) is 0 Å². The van der Waals surface area contributed by atoms with Crippen molar-refractivity contribution in [3.05, 3.63) is 47.3 Å². The number of hydrogen-bond donors (Lipinski definition) is 0. The van der Waals surface area contributed by atoms with Crippen LogP contribution in [0.25, 0.3) is 0 Å². The van der Waals surface area contributed by atoms with Crippen molar-refractivity contribution in [1.29, 1.82) is 5.26 Å². The first kappa shape index (κ1) is 24.0. The van der Waals surface area contributed by atoms with Gasteiger partial charge in [0.25, 0.3) is 0 Å². The lowest BCUT2D eigenvalue weighted by Crippen LogP contribution is -2.25. The van der Waals surface area contributed by atoms with Gasteiger partial charge in [0.15, 0.2) is 5.83 Å². The van der Waals surface area contributed by atoms with Crippen molar-refractivity contribution in [2.45, 2.75) is 102 Å². The van der Waals surface area contributed by atoms with Gasteiger partial charge in [0, 0.05) is 6.61 Å². The molecule has 2 nitrogen and oxygen atoms in total. The summed E-state index contributed by atoms with van der Waals surface area (Å²) < 4.78 is 19.2. The molecule has 0 N–H and O–H groups in total. The molecule has 0 saturated heterocycles. The molecular weight excluding hydrogens is 385 g/mol. The number of allylic oxidation sites excluding steroid dienone is 2. The van der Waals surface area contributed by atoms with Crippen molar-refractivity contribution in [1.82, 2.24) is 0 Å². The molecule has 2 saturated carbocycles. The zero-order valence-electron chi connectivity index (χ0n) is 19.3. The maximum Gasteiger partial charge on any atom is 0.196 e. The van der Waals surface area contributed by atoms with Crippen LogP contribution in [0, 0.1) is 23.2 Å². The molecule has 0 heterocycles. The highest BCUT2D eigenvalue weighted by Crippen LogP contribution is 2.37. The van der Waals surface area contributed by atoms with Gasteiger partial charge in [-0.3, -0.25) is 0 Å². The van der Waals surface area contributed by atoms with E-state index < -0.39 is 5.83 Å². The van der Waals surface area contributed by atoms with Crippen LogP contribution in [-0.2, 0) is 11.2 Å². The van der Waals surface area contributed by atoms with Crippen molar-refractivity contribution in [3.8, 4) is 6.07 Å². The summed E-state index contributed by atoms with van der Waals surface area (Å²) in [6, 6.07) is 11.0. The first-order valence-corrected chi connectivity index (χ1v) is 12.6. The second-order valence-corrected chi connectivity index (χ2v) is 9.78. The lowest BCUT2D eigenvalue weighted by Gasteiger charge is -2.32. The molecule has 0 aromatic heterocycles. The van der Waals surface area contributed by atoms with Gasteiger partial charge in [-0.25, -0.2) is 0 Å². The van der Waals surface area contributed by atoms with Gasteiger partial charge in [-0.1, -0.05) is 37.6 Å². The fourth-order valence-corrected chi connectivity index (χ4v) is 5.35. The summed E-state index contributed by atoms with van der Waals surface area (Å²) in [5.41, 5.74) is 3.01. The molecule has 2 fully saturated rings. The Morgan fingerprint density at radius 2 is 1.71 bits per heavy atom. The van der Waals surface area contributed by atoms with Gasteiger partial charge in [0.1, 0.15) is 6.07 Å². The molecule has 2 aliphatic carbocycles.